The van der Waals surface area contributed by atoms with E-state index in [9.17, 15) is 0 Å². The summed E-state index contributed by atoms with van der Waals surface area (Å²) >= 11 is 3.37. The van der Waals surface area contributed by atoms with E-state index in [0.29, 0.717) is 0 Å². The van der Waals surface area contributed by atoms with Crippen LogP contribution in [0.4, 0.5) is 0 Å². The Morgan fingerprint density at radius 2 is 2.20 bits per heavy atom. The summed E-state index contributed by atoms with van der Waals surface area (Å²) in [5.74, 6) is 1.61. The standard InChI is InChI=1S/C10H11BrN4/c1-3-9-12-8(11)6-10(13-9)15-5-4-7(2)14-15/h4-6H,3H2,1-2H3. The molecule has 15 heavy (non-hydrogen) atoms. The van der Waals surface area contributed by atoms with Gasteiger partial charge in [0.05, 0.1) is 5.69 Å². The Bertz CT molecular complexity index is 478. The maximum atomic E-state index is 4.39. The first-order valence-corrected chi connectivity index (χ1v) is 5.54. The predicted molar refractivity (Wildman–Crippen MR) is 61.0 cm³/mol. The normalized spacial score (nSPS) is 10.6. The highest BCUT2D eigenvalue weighted by atomic mass is 79.9. The molecular weight excluding hydrogens is 256 g/mol. The first-order chi connectivity index (χ1) is 7.19. The van der Waals surface area contributed by atoms with Gasteiger partial charge >= 0.3 is 0 Å². The predicted octanol–water partition coefficient (Wildman–Crippen LogP) is 2.30. The van der Waals surface area contributed by atoms with Gasteiger partial charge in [-0.3, -0.25) is 0 Å². The molecular formula is C10H11BrN4. The molecule has 0 atom stereocenters. The molecule has 0 unspecified atom stereocenters. The molecule has 0 aliphatic heterocycles. The van der Waals surface area contributed by atoms with Crippen LogP contribution in [-0.2, 0) is 6.42 Å². The van der Waals surface area contributed by atoms with Crippen molar-refractivity contribution in [2.75, 3.05) is 0 Å². The molecule has 0 saturated carbocycles. The number of halogens is 1. The molecule has 0 aromatic carbocycles. The van der Waals surface area contributed by atoms with Crippen LogP contribution in [0.1, 0.15) is 18.4 Å². The lowest BCUT2D eigenvalue weighted by atomic mass is 10.4. The molecule has 5 heteroatoms. The molecule has 2 aromatic rings. The van der Waals surface area contributed by atoms with E-state index in [-0.39, 0.29) is 0 Å². The van der Waals surface area contributed by atoms with Crippen molar-refractivity contribution in [1.29, 1.82) is 0 Å². The summed E-state index contributed by atoms with van der Waals surface area (Å²) in [7, 11) is 0. The smallest absolute Gasteiger partial charge is 0.158 e. The van der Waals surface area contributed by atoms with Crippen LogP contribution in [0.5, 0.6) is 0 Å². The van der Waals surface area contributed by atoms with Crippen LogP contribution in [0.2, 0.25) is 0 Å². The van der Waals surface area contributed by atoms with Crippen LogP contribution in [0.25, 0.3) is 5.82 Å². The Morgan fingerprint density at radius 1 is 1.40 bits per heavy atom. The van der Waals surface area contributed by atoms with Gasteiger partial charge in [-0.2, -0.15) is 5.10 Å². The van der Waals surface area contributed by atoms with Gasteiger partial charge in [0, 0.05) is 18.7 Å². The summed E-state index contributed by atoms with van der Waals surface area (Å²) in [6.07, 6.45) is 2.70. The van der Waals surface area contributed by atoms with Crippen molar-refractivity contribution >= 4 is 15.9 Å². The maximum absolute atomic E-state index is 4.39. The van der Waals surface area contributed by atoms with Gasteiger partial charge in [0.15, 0.2) is 5.82 Å². The highest BCUT2D eigenvalue weighted by molar-refractivity contribution is 9.10. The van der Waals surface area contributed by atoms with Gasteiger partial charge in [0.1, 0.15) is 10.4 Å². The van der Waals surface area contributed by atoms with Gasteiger partial charge in [0.2, 0.25) is 0 Å². The van der Waals surface area contributed by atoms with Crippen molar-refractivity contribution in [2.45, 2.75) is 20.3 Å². The number of nitrogens with zero attached hydrogens (tertiary/aromatic N) is 4. The molecule has 0 bridgehead atoms. The summed E-state index contributed by atoms with van der Waals surface area (Å²) in [6, 6.07) is 3.80. The van der Waals surface area contributed by atoms with E-state index in [0.717, 1.165) is 28.4 Å². The third-order valence-corrected chi connectivity index (χ3v) is 2.41. The Labute approximate surface area is 96.5 Å². The topological polar surface area (TPSA) is 43.6 Å². The van der Waals surface area contributed by atoms with E-state index >= 15 is 0 Å². The molecule has 0 aliphatic carbocycles. The molecule has 0 N–H and O–H groups in total. The number of aromatic nitrogens is 4. The summed E-state index contributed by atoms with van der Waals surface area (Å²) in [4.78, 5) is 8.64. The highest BCUT2D eigenvalue weighted by Crippen LogP contribution is 2.12. The van der Waals surface area contributed by atoms with Crippen molar-refractivity contribution in [3.63, 3.8) is 0 Å². The Kier molecular flexibility index (Phi) is 2.81. The summed E-state index contributed by atoms with van der Waals surface area (Å²) in [6.45, 7) is 3.98. The van der Waals surface area contributed by atoms with Crippen LogP contribution < -0.4 is 0 Å². The molecule has 78 valence electrons. The van der Waals surface area contributed by atoms with Gasteiger partial charge in [-0.1, -0.05) is 6.92 Å². The van der Waals surface area contributed by atoms with Gasteiger partial charge in [-0.15, -0.1) is 0 Å². The van der Waals surface area contributed by atoms with Crippen LogP contribution in [-0.4, -0.2) is 19.7 Å². The lowest BCUT2D eigenvalue weighted by Gasteiger charge is -2.03. The van der Waals surface area contributed by atoms with E-state index < -0.39 is 0 Å². The van der Waals surface area contributed by atoms with Crippen LogP contribution in [0.3, 0.4) is 0 Å². The van der Waals surface area contributed by atoms with Gasteiger partial charge in [-0.25, -0.2) is 14.6 Å². The second kappa shape index (κ2) is 4.10. The van der Waals surface area contributed by atoms with Crippen molar-refractivity contribution in [2.24, 2.45) is 0 Å². The summed E-state index contributed by atoms with van der Waals surface area (Å²) in [5, 5.41) is 4.30. The summed E-state index contributed by atoms with van der Waals surface area (Å²) in [5.41, 5.74) is 0.975. The Morgan fingerprint density at radius 3 is 2.80 bits per heavy atom. The molecule has 0 saturated heterocycles. The second-order valence-corrected chi connectivity index (χ2v) is 4.03. The lowest BCUT2D eigenvalue weighted by molar-refractivity contribution is 0.799. The number of hydrogen-bond acceptors (Lipinski definition) is 3. The quantitative estimate of drug-likeness (QED) is 0.784. The molecule has 0 spiro atoms. The fourth-order valence-corrected chi connectivity index (χ4v) is 1.68. The molecule has 2 aromatic heterocycles. The van der Waals surface area contributed by atoms with E-state index in [1.165, 1.54) is 0 Å². The minimum absolute atomic E-state index is 0.789. The molecule has 0 fully saturated rings. The van der Waals surface area contributed by atoms with Gasteiger partial charge in [-0.05, 0) is 28.9 Å². The van der Waals surface area contributed by atoms with E-state index in [1.54, 1.807) is 4.68 Å². The van der Waals surface area contributed by atoms with Crippen molar-refractivity contribution in [3.8, 4) is 5.82 Å². The molecule has 4 nitrogen and oxygen atoms in total. The largest absolute Gasteiger partial charge is 0.226 e. The minimum atomic E-state index is 0.789. The maximum Gasteiger partial charge on any atom is 0.158 e. The highest BCUT2D eigenvalue weighted by Gasteiger charge is 2.04. The fourth-order valence-electron chi connectivity index (χ4n) is 1.27. The van der Waals surface area contributed by atoms with E-state index in [1.807, 2.05) is 32.2 Å². The minimum Gasteiger partial charge on any atom is -0.226 e. The molecule has 2 heterocycles. The third-order valence-electron chi connectivity index (χ3n) is 2.00. The lowest BCUT2D eigenvalue weighted by Crippen LogP contribution is -2.03. The molecule has 2 rings (SSSR count). The zero-order chi connectivity index (χ0) is 10.8. The van der Waals surface area contributed by atoms with E-state index in [4.69, 9.17) is 0 Å². The molecule has 0 radical (unpaired) electrons. The molecule has 0 aliphatic rings. The third kappa shape index (κ3) is 2.23. The first kappa shape index (κ1) is 10.3. The Hall–Kier alpha value is -1.23. The average Bonchev–Trinajstić information content (AvgIpc) is 2.64. The summed E-state index contributed by atoms with van der Waals surface area (Å²) < 4.78 is 2.54. The van der Waals surface area contributed by atoms with Gasteiger partial charge < -0.3 is 0 Å². The zero-order valence-electron chi connectivity index (χ0n) is 8.61. The second-order valence-electron chi connectivity index (χ2n) is 3.22. The zero-order valence-corrected chi connectivity index (χ0v) is 10.2. The number of rotatable bonds is 2. The monoisotopic (exact) mass is 266 g/mol. The average molecular weight is 267 g/mol. The van der Waals surface area contributed by atoms with Crippen molar-refractivity contribution in [3.05, 3.63) is 34.5 Å². The van der Waals surface area contributed by atoms with Crippen molar-refractivity contribution in [1.82, 2.24) is 19.7 Å². The number of hydrogen-bond donors (Lipinski definition) is 0. The van der Waals surface area contributed by atoms with Crippen molar-refractivity contribution < 1.29 is 0 Å². The van der Waals surface area contributed by atoms with Crippen LogP contribution >= 0.6 is 15.9 Å². The van der Waals surface area contributed by atoms with Crippen LogP contribution in [0, 0.1) is 6.92 Å². The SMILES string of the molecule is CCc1nc(Br)cc(-n2ccc(C)n2)n1. The molecule has 0 amide bonds. The van der Waals surface area contributed by atoms with E-state index in [2.05, 4.69) is 31.0 Å². The number of aryl methyl sites for hydroxylation is 2. The fraction of sp³-hybridized carbons (Fsp3) is 0.300. The van der Waals surface area contributed by atoms with Gasteiger partial charge in [0.25, 0.3) is 0 Å². The van der Waals surface area contributed by atoms with Crippen LogP contribution in [0.15, 0.2) is 22.9 Å². The Balaban J connectivity index is 2.48. The first-order valence-electron chi connectivity index (χ1n) is 4.75.